The van der Waals surface area contributed by atoms with Crippen LogP contribution in [-0.2, 0) is 8.85 Å². The van der Waals surface area contributed by atoms with Crippen LogP contribution in [0.5, 0.6) is 0 Å². The van der Waals surface area contributed by atoms with E-state index in [9.17, 15) is 0 Å². The summed E-state index contributed by atoms with van der Waals surface area (Å²) in [6.07, 6.45) is 15.0. The molecule has 0 aliphatic rings. The van der Waals surface area contributed by atoms with Crippen LogP contribution >= 0.6 is 0 Å². The van der Waals surface area contributed by atoms with Crippen LogP contribution in [0, 0.1) is 0 Å². The van der Waals surface area contributed by atoms with Gasteiger partial charge in [-0.15, -0.1) is 0 Å². The second kappa shape index (κ2) is 13.0. The second-order valence-electron chi connectivity index (χ2n) is 12.2. The smallest absolute Gasteiger partial charge is 0.192 e. The van der Waals surface area contributed by atoms with E-state index in [1.807, 2.05) is 0 Å². The van der Waals surface area contributed by atoms with Gasteiger partial charge in [0.05, 0.1) is 12.2 Å². The quantitative estimate of drug-likeness (QED) is 0.147. The molecule has 0 aromatic rings. The van der Waals surface area contributed by atoms with Gasteiger partial charge in [0.1, 0.15) is 0 Å². The standard InChI is InChI=1S/C26H56O2Si2/c1-13-15-17-19-23(27-29(9,10)25(3,4)5)21-22-24(20-18-16-14-2)28-30(11,12)26(6,7)8/h21-24H,13-20H2,1-12H3/t23-,24-/m0/s1. The lowest BCUT2D eigenvalue weighted by Crippen LogP contribution is -2.44. The highest BCUT2D eigenvalue weighted by Gasteiger charge is 2.40. The summed E-state index contributed by atoms with van der Waals surface area (Å²) in [4.78, 5) is 0. The zero-order valence-corrected chi connectivity index (χ0v) is 24.8. The molecule has 0 aliphatic carbocycles. The lowest BCUT2D eigenvalue weighted by Gasteiger charge is -2.40. The highest BCUT2D eigenvalue weighted by Crippen LogP contribution is 2.39. The third-order valence-corrected chi connectivity index (χ3v) is 16.2. The van der Waals surface area contributed by atoms with Gasteiger partial charge in [-0.05, 0) is 49.1 Å². The van der Waals surface area contributed by atoms with E-state index in [-0.39, 0.29) is 22.3 Å². The van der Waals surface area contributed by atoms with E-state index in [0.717, 1.165) is 12.8 Å². The third kappa shape index (κ3) is 11.1. The fraction of sp³-hybridized carbons (Fsp3) is 0.923. The van der Waals surface area contributed by atoms with E-state index in [2.05, 4.69) is 93.7 Å². The van der Waals surface area contributed by atoms with Gasteiger partial charge < -0.3 is 8.85 Å². The van der Waals surface area contributed by atoms with E-state index in [1.165, 1.54) is 38.5 Å². The first kappa shape index (κ1) is 30.1. The molecular weight excluding hydrogens is 400 g/mol. The SMILES string of the molecule is CCCCC[C@@H](C=C[C@H](CCCCC)O[Si](C)(C)C(C)(C)C)O[Si](C)(C)C(C)(C)C. The van der Waals surface area contributed by atoms with Gasteiger partial charge in [0.2, 0.25) is 0 Å². The number of unbranched alkanes of at least 4 members (excludes halogenated alkanes) is 4. The Bertz CT molecular complexity index is 440. The molecule has 2 nitrogen and oxygen atoms in total. The summed E-state index contributed by atoms with van der Waals surface area (Å²) >= 11 is 0. The fourth-order valence-electron chi connectivity index (χ4n) is 2.94. The summed E-state index contributed by atoms with van der Waals surface area (Å²) < 4.78 is 13.7. The first-order chi connectivity index (χ1) is 13.6. The van der Waals surface area contributed by atoms with Gasteiger partial charge in [0, 0.05) is 0 Å². The van der Waals surface area contributed by atoms with E-state index in [0.29, 0.717) is 0 Å². The lowest BCUT2D eigenvalue weighted by molar-refractivity contribution is 0.196. The molecule has 0 aliphatic heterocycles. The Morgan fingerprint density at radius 1 is 0.600 bits per heavy atom. The molecular formula is C26H56O2Si2. The van der Waals surface area contributed by atoms with E-state index in [1.54, 1.807) is 0 Å². The molecule has 0 saturated carbocycles. The van der Waals surface area contributed by atoms with Crippen LogP contribution in [0.2, 0.25) is 36.3 Å². The van der Waals surface area contributed by atoms with Gasteiger partial charge in [0.25, 0.3) is 0 Å². The molecule has 0 bridgehead atoms. The minimum Gasteiger partial charge on any atom is -0.411 e. The summed E-state index contributed by atoms with van der Waals surface area (Å²) in [7, 11) is -3.58. The Morgan fingerprint density at radius 3 is 1.13 bits per heavy atom. The van der Waals surface area contributed by atoms with Gasteiger partial charge in [-0.25, -0.2) is 0 Å². The predicted octanol–water partition coefficient (Wildman–Crippen LogP) is 9.48. The van der Waals surface area contributed by atoms with E-state index < -0.39 is 16.6 Å². The number of hydrogen-bond acceptors (Lipinski definition) is 2. The first-order valence-electron chi connectivity index (χ1n) is 12.6. The van der Waals surface area contributed by atoms with Gasteiger partial charge in [-0.2, -0.15) is 0 Å². The Morgan fingerprint density at radius 2 is 0.900 bits per heavy atom. The molecule has 0 saturated heterocycles. The van der Waals surface area contributed by atoms with Crippen molar-refractivity contribution in [2.24, 2.45) is 0 Å². The van der Waals surface area contributed by atoms with E-state index in [4.69, 9.17) is 8.85 Å². The van der Waals surface area contributed by atoms with Crippen LogP contribution < -0.4 is 0 Å². The average Bonchev–Trinajstić information content (AvgIpc) is 2.57. The first-order valence-corrected chi connectivity index (χ1v) is 18.4. The van der Waals surface area contributed by atoms with Crippen molar-refractivity contribution in [3.63, 3.8) is 0 Å². The van der Waals surface area contributed by atoms with Crippen molar-refractivity contribution in [3.05, 3.63) is 12.2 Å². The summed E-state index contributed by atoms with van der Waals surface area (Å²) in [6.45, 7) is 28.0. The van der Waals surface area contributed by atoms with Crippen LogP contribution in [-0.4, -0.2) is 28.8 Å². The molecule has 0 aromatic carbocycles. The van der Waals surface area contributed by atoms with Gasteiger partial charge >= 0.3 is 0 Å². The van der Waals surface area contributed by atoms with Crippen molar-refractivity contribution in [2.75, 3.05) is 0 Å². The number of rotatable bonds is 14. The average molecular weight is 457 g/mol. The Labute approximate surface area is 192 Å². The molecule has 0 aromatic heterocycles. The van der Waals surface area contributed by atoms with Crippen molar-refractivity contribution in [1.29, 1.82) is 0 Å². The van der Waals surface area contributed by atoms with Crippen LogP contribution in [0.3, 0.4) is 0 Å². The molecule has 0 radical (unpaired) electrons. The van der Waals surface area contributed by atoms with Gasteiger partial charge in [-0.3, -0.25) is 0 Å². The third-order valence-electron chi connectivity index (χ3n) is 7.23. The van der Waals surface area contributed by atoms with Crippen LogP contribution in [0.1, 0.15) is 107 Å². The molecule has 30 heavy (non-hydrogen) atoms. The van der Waals surface area contributed by atoms with Gasteiger partial charge in [0.15, 0.2) is 16.6 Å². The normalized spacial score (nSPS) is 16.3. The van der Waals surface area contributed by atoms with Crippen molar-refractivity contribution < 1.29 is 8.85 Å². The molecule has 0 amide bonds. The summed E-state index contributed by atoms with van der Waals surface area (Å²) in [5.41, 5.74) is 0. The minimum atomic E-state index is -1.79. The molecule has 0 rings (SSSR count). The van der Waals surface area contributed by atoms with Crippen LogP contribution in [0.25, 0.3) is 0 Å². The maximum absolute atomic E-state index is 6.83. The topological polar surface area (TPSA) is 18.5 Å². The molecule has 0 heterocycles. The predicted molar refractivity (Wildman–Crippen MR) is 142 cm³/mol. The summed E-state index contributed by atoms with van der Waals surface area (Å²) in [6, 6.07) is 0. The van der Waals surface area contributed by atoms with Crippen LogP contribution in [0.4, 0.5) is 0 Å². The maximum atomic E-state index is 6.83. The van der Waals surface area contributed by atoms with Gasteiger partial charge in [-0.1, -0.05) is 106 Å². The lowest BCUT2D eigenvalue weighted by atomic mass is 10.1. The zero-order chi connectivity index (χ0) is 23.6. The second-order valence-corrected chi connectivity index (χ2v) is 21.7. The molecule has 0 N–H and O–H groups in total. The Kier molecular flexibility index (Phi) is 13.0. The van der Waals surface area contributed by atoms with Crippen molar-refractivity contribution in [1.82, 2.24) is 0 Å². The Hall–Kier alpha value is 0.0938. The van der Waals surface area contributed by atoms with Crippen LogP contribution in [0.15, 0.2) is 12.2 Å². The summed E-state index contributed by atoms with van der Waals surface area (Å²) in [5.74, 6) is 0. The largest absolute Gasteiger partial charge is 0.411 e. The molecule has 0 unspecified atom stereocenters. The van der Waals surface area contributed by atoms with Crippen molar-refractivity contribution in [3.8, 4) is 0 Å². The molecule has 0 fully saturated rings. The zero-order valence-electron chi connectivity index (χ0n) is 22.8. The van der Waals surface area contributed by atoms with E-state index >= 15 is 0 Å². The Balaban J connectivity index is 5.49. The molecule has 2 atom stereocenters. The molecule has 0 spiro atoms. The highest BCUT2D eigenvalue weighted by molar-refractivity contribution is 6.74. The minimum absolute atomic E-state index is 0.217. The fourth-order valence-corrected chi connectivity index (χ4v) is 5.55. The van der Waals surface area contributed by atoms with Crippen molar-refractivity contribution in [2.45, 2.75) is 155 Å². The molecule has 4 heteroatoms. The number of hydrogen-bond donors (Lipinski definition) is 0. The highest BCUT2D eigenvalue weighted by atomic mass is 28.4. The maximum Gasteiger partial charge on any atom is 0.192 e. The summed E-state index contributed by atoms with van der Waals surface area (Å²) in [5, 5.41) is 0.476. The molecule has 180 valence electrons. The van der Waals surface area contributed by atoms with Crippen molar-refractivity contribution >= 4 is 16.6 Å². The monoisotopic (exact) mass is 456 g/mol.